The topological polar surface area (TPSA) is 78.4 Å². The normalized spacial score (nSPS) is 24.5. The van der Waals surface area contributed by atoms with Gasteiger partial charge in [0.05, 0.1) is 17.1 Å². The van der Waals surface area contributed by atoms with Crippen LogP contribution >= 0.6 is 11.8 Å². The molecule has 30 heavy (non-hydrogen) atoms. The zero-order valence-corrected chi connectivity index (χ0v) is 18.9. The van der Waals surface area contributed by atoms with E-state index >= 15 is 0 Å². The number of nitrogens with zero attached hydrogens (tertiary/aromatic N) is 4. The van der Waals surface area contributed by atoms with Crippen LogP contribution in [-0.4, -0.2) is 46.8 Å². The van der Waals surface area contributed by atoms with Gasteiger partial charge in [0.2, 0.25) is 5.62 Å². The molecule has 0 amide bonds. The molecule has 7 nitrogen and oxygen atoms in total. The number of nitrogens with one attached hydrogen (secondary N) is 2. The molecule has 1 aromatic carbocycles. The molecule has 1 aromatic heterocycles. The Morgan fingerprint density at radius 2 is 2.00 bits per heavy atom. The summed E-state index contributed by atoms with van der Waals surface area (Å²) in [5.41, 5.74) is 0.643. The maximum atomic E-state index is 13.3. The van der Waals surface area contributed by atoms with Crippen molar-refractivity contribution in [1.82, 2.24) is 19.4 Å². The lowest BCUT2D eigenvalue weighted by atomic mass is 10.1. The Labute approximate surface area is 180 Å². The second-order valence-corrected chi connectivity index (χ2v) is 9.49. The van der Waals surface area contributed by atoms with Crippen LogP contribution in [0.15, 0.2) is 45.0 Å². The summed E-state index contributed by atoms with van der Waals surface area (Å²) in [6, 6.07) is 10.1. The Bertz CT molecular complexity index is 1170. The number of benzene rings is 1. The lowest BCUT2D eigenvalue weighted by molar-refractivity contribution is 0.394. The molecule has 3 heterocycles. The molecule has 3 atom stereocenters. The summed E-state index contributed by atoms with van der Waals surface area (Å²) in [7, 11) is 3.90. The van der Waals surface area contributed by atoms with Crippen molar-refractivity contribution < 1.29 is 0 Å². The lowest BCUT2D eigenvalue weighted by Crippen LogP contribution is -2.58. The molecule has 0 bridgehead atoms. The number of thioether (sulfide) groups is 1. The smallest absolute Gasteiger partial charge is 0.266 e. The molecule has 3 unspecified atom stereocenters. The van der Waals surface area contributed by atoms with E-state index in [1.807, 2.05) is 41.8 Å². The molecule has 0 spiro atoms. The van der Waals surface area contributed by atoms with Gasteiger partial charge in [0.15, 0.2) is 0 Å². The van der Waals surface area contributed by atoms with Crippen LogP contribution < -0.4 is 27.2 Å². The Kier molecular flexibility index (Phi) is 5.88. The van der Waals surface area contributed by atoms with Crippen molar-refractivity contribution >= 4 is 16.8 Å². The molecule has 2 N–H and O–H groups in total. The standard InChI is InChI=1S/C22H30N6OS/c1-14-15(2)28-19(23)18(21(29)27(4)22(28)25-14)20(30-17-8-6-5-7-9-17)24-12-16-10-11-26(3)13-16/h5-9,14-16,23-24H,10-13H2,1-4H3/b20-18-,23-19?. The van der Waals surface area contributed by atoms with E-state index in [9.17, 15) is 4.79 Å². The van der Waals surface area contributed by atoms with Crippen LogP contribution in [0.4, 0.5) is 0 Å². The van der Waals surface area contributed by atoms with Gasteiger partial charge in [-0.2, -0.15) is 0 Å². The van der Waals surface area contributed by atoms with Crippen molar-refractivity contribution in [2.75, 3.05) is 26.7 Å². The van der Waals surface area contributed by atoms with E-state index in [4.69, 9.17) is 5.41 Å². The van der Waals surface area contributed by atoms with Crippen molar-refractivity contribution in [3.8, 4) is 0 Å². The Balaban J connectivity index is 1.85. The van der Waals surface area contributed by atoms with Gasteiger partial charge in [0.1, 0.15) is 10.7 Å². The molecule has 1 fully saturated rings. The van der Waals surface area contributed by atoms with Crippen LogP contribution in [0.5, 0.6) is 0 Å². The van der Waals surface area contributed by atoms with Crippen molar-refractivity contribution in [1.29, 1.82) is 5.41 Å². The zero-order chi connectivity index (χ0) is 21.4. The highest BCUT2D eigenvalue weighted by Gasteiger charge is 2.25. The van der Waals surface area contributed by atoms with Crippen LogP contribution in [0.3, 0.4) is 0 Å². The minimum atomic E-state index is -0.175. The fourth-order valence-corrected chi connectivity index (χ4v) is 5.17. The average Bonchev–Trinajstić information content (AvgIpc) is 3.28. The average molecular weight is 427 g/mol. The third-order valence-corrected chi connectivity index (χ3v) is 7.23. The second kappa shape index (κ2) is 8.43. The van der Waals surface area contributed by atoms with Crippen LogP contribution in [0.1, 0.15) is 26.3 Å². The lowest BCUT2D eigenvalue weighted by Gasteiger charge is -2.17. The number of likely N-dealkylation sites (tertiary alicyclic amines) is 1. The van der Waals surface area contributed by atoms with Crippen molar-refractivity contribution in [2.45, 2.75) is 37.2 Å². The quantitative estimate of drug-likeness (QED) is 0.688. The largest absolute Gasteiger partial charge is 0.378 e. The van der Waals surface area contributed by atoms with Gasteiger partial charge in [-0.25, -0.2) is 4.99 Å². The maximum Gasteiger partial charge on any atom is 0.266 e. The van der Waals surface area contributed by atoms with Crippen molar-refractivity contribution in [3.05, 3.63) is 57.0 Å². The summed E-state index contributed by atoms with van der Waals surface area (Å²) < 4.78 is 3.47. The zero-order valence-electron chi connectivity index (χ0n) is 18.1. The van der Waals surface area contributed by atoms with Crippen LogP contribution in [0.2, 0.25) is 0 Å². The summed E-state index contributed by atoms with van der Waals surface area (Å²) >= 11 is 1.53. The summed E-state index contributed by atoms with van der Waals surface area (Å²) in [6.45, 7) is 7.03. The second-order valence-electron chi connectivity index (χ2n) is 8.41. The third-order valence-electron chi connectivity index (χ3n) is 6.17. The van der Waals surface area contributed by atoms with Crippen LogP contribution in [-0.2, 0) is 7.05 Å². The van der Waals surface area contributed by atoms with Gasteiger partial charge in [0.25, 0.3) is 5.56 Å². The van der Waals surface area contributed by atoms with Gasteiger partial charge in [-0.05, 0) is 51.9 Å². The van der Waals surface area contributed by atoms with Crippen LogP contribution in [0.25, 0.3) is 5.03 Å². The van der Waals surface area contributed by atoms with Gasteiger partial charge >= 0.3 is 0 Å². The SMILES string of the molecule is CC1N=c2n(C)c(=O)/c(=C(/NCC3CCN(C)C3)Sc3ccccc3)c(=N)n2C1C. The Hall–Kier alpha value is -2.32. The Morgan fingerprint density at radius 3 is 2.67 bits per heavy atom. The minimum absolute atomic E-state index is 0.0437. The van der Waals surface area contributed by atoms with Gasteiger partial charge in [-0.15, -0.1) is 0 Å². The monoisotopic (exact) mass is 426 g/mol. The highest BCUT2D eigenvalue weighted by molar-refractivity contribution is 8.07. The predicted octanol–water partition coefficient (Wildman–Crippen LogP) is 0.648. The van der Waals surface area contributed by atoms with E-state index in [0.29, 0.717) is 16.8 Å². The molecule has 2 aromatic rings. The van der Waals surface area contributed by atoms with Gasteiger partial charge < -0.3 is 10.2 Å². The molecule has 4 rings (SSSR count). The van der Waals surface area contributed by atoms with E-state index in [2.05, 4.69) is 29.2 Å². The molecule has 0 aliphatic carbocycles. The fraction of sp³-hybridized carbons (Fsp3) is 0.500. The molecule has 8 heteroatoms. The summed E-state index contributed by atoms with van der Waals surface area (Å²) in [5, 5.41) is 13.6. The molecule has 0 saturated carbocycles. The molecule has 1 saturated heterocycles. The maximum absolute atomic E-state index is 13.3. The van der Waals surface area contributed by atoms with Gasteiger partial charge in [0, 0.05) is 25.0 Å². The summed E-state index contributed by atoms with van der Waals surface area (Å²) in [5.74, 6) is 0.537. The first kappa shape index (κ1) is 20.9. The van der Waals surface area contributed by atoms with Crippen molar-refractivity contribution in [2.24, 2.45) is 18.0 Å². The van der Waals surface area contributed by atoms with E-state index in [1.54, 1.807) is 11.6 Å². The third kappa shape index (κ3) is 3.86. The number of hydrogen-bond acceptors (Lipinski definition) is 6. The Morgan fingerprint density at radius 1 is 1.27 bits per heavy atom. The first-order chi connectivity index (χ1) is 14.4. The fourth-order valence-electron chi connectivity index (χ4n) is 4.20. The minimum Gasteiger partial charge on any atom is -0.378 e. The van der Waals surface area contributed by atoms with E-state index in [-0.39, 0.29) is 23.1 Å². The molecular weight excluding hydrogens is 396 g/mol. The number of rotatable bonds is 5. The first-order valence-electron chi connectivity index (χ1n) is 10.5. The molecule has 2 aliphatic heterocycles. The van der Waals surface area contributed by atoms with E-state index in [0.717, 1.165) is 36.0 Å². The van der Waals surface area contributed by atoms with Gasteiger partial charge in [-0.3, -0.25) is 19.3 Å². The molecular formula is C22H30N6OS. The van der Waals surface area contributed by atoms with Gasteiger partial charge in [-0.1, -0.05) is 30.0 Å². The molecule has 2 aliphatic rings. The van der Waals surface area contributed by atoms with E-state index in [1.165, 1.54) is 11.8 Å². The predicted molar refractivity (Wildman–Crippen MR) is 120 cm³/mol. The first-order valence-corrected chi connectivity index (χ1v) is 11.3. The van der Waals surface area contributed by atoms with E-state index < -0.39 is 0 Å². The number of hydrogen-bond donors (Lipinski definition) is 2. The number of fused-ring (bicyclic) bond motifs is 1. The number of aromatic nitrogens is 2. The summed E-state index contributed by atoms with van der Waals surface area (Å²) in [4.78, 5) is 21.3. The molecule has 160 valence electrons. The highest BCUT2D eigenvalue weighted by Crippen LogP contribution is 2.25. The van der Waals surface area contributed by atoms with Crippen molar-refractivity contribution in [3.63, 3.8) is 0 Å². The summed E-state index contributed by atoms with van der Waals surface area (Å²) in [6.07, 6.45) is 1.14. The molecule has 0 radical (unpaired) electrons. The van der Waals surface area contributed by atoms with Crippen LogP contribution in [0, 0.1) is 11.3 Å². The highest BCUT2D eigenvalue weighted by atomic mass is 32.2.